The molecular weight excluding hydrogens is 296 g/mol. The van der Waals surface area contributed by atoms with Crippen LogP contribution in [-0.4, -0.2) is 43.8 Å². The van der Waals surface area contributed by atoms with Crippen LogP contribution < -0.4 is 0 Å². The second-order valence-corrected chi connectivity index (χ2v) is 6.57. The molecule has 24 heavy (non-hydrogen) atoms. The molecule has 3 nitrogen and oxygen atoms in total. The van der Waals surface area contributed by atoms with Gasteiger partial charge in [0.05, 0.1) is 0 Å². The van der Waals surface area contributed by atoms with E-state index in [1.165, 1.54) is 11.1 Å². The van der Waals surface area contributed by atoms with E-state index in [4.69, 9.17) is 0 Å². The Bertz CT molecular complexity index is 700. The number of allylic oxidation sites excluding steroid dienone is 1. The molecule has 0 aliphatic carbocycles. The summed E-state index contributed by atoms with van der Waals surface area (Å²) in [6.07, 6.45) is 3.57. The van der Waals surface area contributed by atoms with Crippen LogP contribution in [0.25, 0.3) is 6.08 Å². The Morgan fingerprint density at radius 3 is 2.12 bits per heavy atom. The van der Waals surface area contributed by atoms with Crippen molar-refractivity contribution in [1.82, 2.24) is 9.80 Å². The van der Waals surface area contributed by atoms with Gasteiger partial charge in [-0.15, -0.1) is 0 Å². The maximum Gasteiger partial charge on any atom is 0.185 e. The molecule has 0 aromatic heterocycles. The van der Waals surface area contributed by atoms with E-state index < -0.39 is 0 Å². The standard InChI is InChI=1S/C21H26N2O/c1-22(2)15-17-9-11-19(12-10-17)21(24)14-13-18-7-5-6-8-20(18)16-23(3)4/h5-14H,15-16H2,1-4H3. The van der Waals surface area contributed by atoms with Crippen LogP contribution in [-0.2, 0) is 13.1 Å². The minimum atomic E-state index is 0.0334. The summed E-state index contributed by atoms with van der Waals surface area (Å²) in [5.74, 6) is 0.0334. The van der Waals surface area contributed by atoms with Gasteiger partial charge in [-0.2, -0.15) is 0 Å². The summed E-state index contributed by atoms with van der Waals surface area (Å²) in [6, 6.07) is 16.0. The quantitative estimate of drug-likeness (QED) is 0.573. The first kappa shape index (κ1) is 18.1. The molecule has 0 spiro atoms. The lowest BCUT2D eigenvalue weighted by Gasteiger charge is -2.12. The molecule has 0 unspecified atom stereocenters. The number of carbonyl (C=O) groups excluding carboxylic acids is 1. The highest BCUT2D eigenvalue weighted by Crippen LogP contribution is 2.14. The van der Waals surface area contributed by atoms with E-state index in [0.717, 1.165) is 24.2 Å². The lowest BCUT2D eigenvalue weighted by atomic mass is 10.0. The molecule has 0 radical (unpaired) electrons. The fourth-order valence-electron chi connectivity index (χ4n) is 2.58. The topological polar surface area (TPSA) is 23.6 Å². The zero-order chi connectivity index (χ0) is 17.5. The third-order valence-corrected chi connectivity index (χ3v) is 3.69. The highest BCUT2D eigenvalue weighted by molar-refractivity contribution is 6.06. The van der Waals surface area contributed by atoms with Crippen molar-refractivity contribution in [2.24, 2.45) is 0 Å². The van der Waals surface area contributed by atoms with Gasteiger partial charge in [0.15, 0.2) is 5.78 Å². The summed E-state index contributed by atoms with van der Waals surface area (Å²) >= 11 is 0. The van der Waals surface area contributed by atoms with Crippen molar-refractivity contribution in [3.63, 3.8) is 0 Å². The average molecular weight is 322 g/mol. The van der Waals surface area contributed by atoms with Crippen molar-refractivity contribution in [2.45, 2.75) is 13.1 Å². The van der Waals surface area contributed by atoms with E-state index >= 15 is 0 Å². The van der Waals surface area contributed by atoms with Crippen LogP contribution in [0.4, 0.5) is 0 Å². The summed E-state index contributed by atoms with van der Waals surface area (Å²) in [5, 5.41) is 0. The van der Waals surface area contributed by atoms with Crippen LogP contribution >= 0.6 is 0 Å². The Hall–Kier alpha value is -2.23. The molecule has 2 aromatic carbocycles. The minimum Gasteiger partial charge on any atom is -0.305 e. The lowest BCUT2D eigenvalue weighted by Crippen LogP contribution is -2.11. The van der Waals surface area contributed by atoms with Crippen molar-refractivity contribution in [3.05, 3.63) is 76.9 Å². The van der Waals surface area contributed by atoms with Gasteiger partial charge in [-0.25, -0.2) is 0 Å². The van der Waals surface area contributed by atoms with E-state index in [-0.39, 0.29) is 5.78 Å². The Morgan fingerprint density at radius 1 is 0.875 bits per heavy atom. The van der Waals surface area contributed by atoms with Gasteiger partial charge in [0.1, 0.15) is 0 Å². The monoisotopic (exact) mass is 322 g/mol. The van der Waals surface area contributed by atoms with Gasteiger partial charge in [-0.05, 0) is 51.0 Å². The normalized spacial score (nSPS) is 11.6. The molecule has 0 bridgehead atoms. The number of carbonyl (C=O) groups is 1. The van der Waals surface area contributed by atoms with Gasteiger partial charge in [0, 0.05) is 18.7 Å². The fourth-order valence-corrected chi connectivity index (χ4v) is 2.58. The van der Waals surface area contributed by atoms with Crippen LogP contribution in [0.15, 0.2) is 54.6 Å². The van der Waals surface area contributed by atoms with Crippen LogP contribution in [0.3, 0.4) is 0 Å². The minimum absolute atomic E-state index is 0.0334. The molecule has 0 N–H and O–H groups in total. The number of rotatable bonds is 7. The first-order chi connectivity index (χ1) is 11.5. The van der Waals surface area contributed by atoms with Crippen LogP contribution in [0.2, 0.25) is 0 Å². The second kappa shape index (κ2) is 8.57. The van der Waals surface area contributed by atoms with E-state index in [1.54, 1.807) is 6.08 Å². The first-order valence-electron chi connectivity index (χ1n) is 8.14. The summed E-state index contributed by atoms with van der Waals surface area (Å²) < 4.78 is 0. The summed E-state index contributed by atoms with van der Waals surface area (Å²) in [6.45, 7) is 1.73. The van der Waals surface area contributed by atoms with Gasteiger partial charge < -0.3 is 9.80 Å². The summed E-state index contributed by atoms with van der Waals surface area (Å²) in [5.41, 5.74) is 4.23. The highest BCUT2D eigenvalue weighted by atomic mass is 16.1. The second-order valence-electron chi connectivity index (χ2n) is 6.57. The number of nitrogens with zero attached hydrogens (tertiary/aromatic N) is 2. The van der Waals surface area contributed by atoms with Crippen molar-refractivity contribution >= 4 is 11.9 Å². The van der Waals surface area contributed by atoms with E-state index in [0.29, 0.717) is 0 Å². The van der Waals surface area contributed by atoms with Gasteiger partial charge >= 0.3 is 0 Å². The molecule has 2 rings (SSSR count). The molecule has 0 heterocycles. The predicted molar refractivity (Wildman–Crippen MR) is 101 cm³/mol. The zero-order valence-corrected chi connectivity index (χ0v) is 15.0. The zero-order valence-electron chi connectivity index (χ0n) is 15.0. The van der Waals surface area contributed by atoms with Crippen LogP contribution in [0.5, 0.6) is 0 Å². The lowest BCUT2D eigenvalue weighted by molar-refractivity contribution is 0.104. The molecule has 0 aliphatic heterocycles. The Morgan fingerprint density at radius 2 is 1.50 bits per heavy atom. The fraction of sp³-hybridized carbons (Fsp3) is 0.286. The smallest absolute Gasteiger partial charge is 0.185 e. The van der Waals surface area contributed by atoms with Crippen molar-refractivity contribution < 1.29 is 4.79 Å². The molecule has 2 aromatic rings. The first-order valence-corrected chi connectivity index (χ1v) is 8.14. The summed E-state index contributed by atoms with van der Waals surface area (Å²) in [4.78, 5) is 16.6. The molecule has 126 valence electrons. The van der Waals surface area contributed by atoms with E-state index in [2.05, 4.69) is 15.9 Å². The molecule has 3 heteroatoms. The molecular formula is C21H26N2O. The number of ketones is 1. The molecule has 0 aliphatic rings. The van der Waals surface area contributed by atoms with E-state index in [9.17, 15) is 4.79 Å². The average Bonchev–Trinajstić information content (AvgIpc) is 2.53. The Balaban J connectivity index is 2.10. The number of benzene rings is 2. The van der Waals surface area contributed by atoms with Gasteiger partial charge in [0.25, 0.3) is 0 Å². The number of hydrogen-bond donors (Lipinski definition) is 0. The molecule has 0 atom stereocenters. The largest absolute Gasteiger partial charge is 0.305 e. The molecule has 0 fully saturated rings. The number of hydrogen-bond acceptors (Lipinski definition) is 3. The van der Waals surface area contributed by atoms with Crippen molar-refractivity contribution in [1.29, 1.82) is 0 Å². The summed E-state index contributed by atoms with van der Waals surface area (Å²) in [7, 11) is 8.15. The van der Waals surface area contributed by atoms with Gasteiger partial charge in [-0.3, -0.25) is 4.79 Å². The third kappa shape index (κ3) is 5.44. The van der Waals surface area contributed by atoms with Gasteiger partial charge in [-0.1, -0.05) is 54.6 Å². The maximum atomic E-state index is 12.4. The van der Waals surface area contributed by atoms with Gasteiger partial charge in [0.2, 0.25) is 0 Å². The SMILES string of the molecule is CN(C)Cc1ccc(C(=O)C=Cc2ccccc2CN(C)C)cc1. The third-order valence-electron chi connectivity index (χ3n) is 3.69. The van der Waals surface area contributed by atoms with Crippen molar-refractivity contribution in [2.75, 3.05) is 28.2 Å². The van der Waals surface area contributed by atoms with E-state index in [1.807, 2.05) is 76.7 Å². The van der Waals surface area contributed by atoms with Crippen LogP contribution in [0.1, 0.15) is 27.0 Å². The maximum absolute atomic E-state index is 12.4. The Labute approximate surface area is 145 Å². The predicted octanol–water partition coefficient (Wildman–Crippen LogP) is 3.71. The Kier molecular flexibility index (Phi) is 6.47. The van der Waals surface area contributed by atoms with Crippen molar-refractivity contribution in [3.8, 4) is 0 Å². The molecule has 0 amide bonds. The van der Waals surface area contributed by atoms with Crippen LogP contribution in [0, 0.1) is 0 Å². The molecule has 0 saturated heterocycles. The highest BCUT2D eigenvalue weighted by Gasteiger charge is 2.04. The molecule has 0 saturated carbocycles.